The molecule has 2 aromatic heterocycles. The predicted molar refractivity (Wildman–Crippen MR) is 67.8 cm³/mol. The van der Waals surface area contributed by atoms with Crippen LogP contribution in [0.1, 0.15) is 34.3 Å². The number of aryl methyl sites for hydroxylation is 2. The lowest BCUT2D eigenvalue weighted by Gasteiger charge is -2.14. The summed E-state index contributed by atoms with van der Waals surface area (Å²) in [6, 6.07) is 1.93. The smallest absolute Gasteiger partial charge is 0.276 e. The lowest BCUT2D eigenvalue weighted by Crippen LogP contribution is -2.29. The first-order valence-electron chi connectivity index (χ1n) is 6.37. The maximum atomic E-state index is 12.2. The number of carbonyl (C=O) groups is 1. The van der Waals surface area contributed by atoms with E-state index < -0.39 is 0 Å². The molecule has 1 fully saturated rings. The van der Waals surface area contributed by atoms with Crippen LogP contribution >= 0.6 is 0 Å². The van der Waals surface area contributed by atoms with Gasteiger partial charge in [-0.1, -0.05) is 5.16 Å². The van der Waals surface area contributed by atoms with Crippen molar-refractivity contribution in [3.63, 3.8) is 0 Å². The minimum Gasteiger partial charge on any atom is -0.361 e. The van der Waals surface area contributed by atoms with Gasteiger partial charge in [0.1, 0.15) is 5.76 Å². The van der Waals surface area contributed by atoms with Gasteiger partial charge in [0, 0.05) is 25.4 Å². The number of hydrogen-bond acceptors (Lipinski definition) is 4. The van der Waals surface area contributed by atoms with Crippen LogP contribution in [-0.2, 0) is 0 Å². The van der Waals surface area contributed by atoms with Crippen LogP contribution in [0.25, 0.3) is 0 Å². The number of likely N-dealkylation sites (tertiary alicyclic amines) is 1. The molecular formula is C13H16N4O2. The quantitative estimate of drug-likeness (QED) is 0.822. The lowest BCUT2D eigenvalue weighted by molar-refractivity contribution is 0.0776. The molecule has 19 heavy (non-hydrogen) atoms. The van der Waals surface area contributed by atoms with Crippen molar-refractivity contribution in [1.82, 2.24) is 19.8 Å². The van der Waals surface area contributed by atoms with Crippen molar-refractivity contribution in [2.75, 3.05) is 13.1 Å². The van der Waals surface area contributed by atoms with E-state index in [0.29, 0.717) is 18.0 Å². The molecule has 0 aromatic carbocycles. The van der Waals surface area contributed by atoms with Crippen LogP contribution in [-0.4, -0.2) is 38.8 Å². The van der Waals surface area contributed by atoms with Gasteiger partial charge in [0.25, 0.3) is 5.91 Å². The van der Waals surface area contributed by atoms with E-state index in [1.165, 1.54) is 0 Å². The molecule has 6 heteroatoms. The molecule has 1 aliphatic rings. The van der Waals surface area contributed by atoms with Crippen LogP contribution in [0.4, 0.5) is 0 Å². The number of carbonyl (C=O) groups excluding carboxylic acids is 1. The van der Waals surface area contributed by atoms with E-state index >= 15 is 0 Å². The van der Waals surface area contributed by atoms with E-state index in [-0.39, 0.29) is 11.9 Å². The van der Waals surface area contributed by atoms with Gasteiger partial charge in [-0.3, -0.25) is 9.48 Å². The first-order chi connectivity index (χ1) is 9.13. The van der Waals surface area contributed by atoms with Crippen molar-refractivity contribution in [1.29, 1.82) is 0 Å². The zero-order chi connectivity index (χ0) is 13.4. The summed E-state index contributed by atoms with van der Waals surface area (Å²) >= 11 is 0. The largest absolute Gasteiger partial charge is 0.361 e. The highest BCUT2D eigenvalue weighted by Gasteiger charge is 2.29. The number of nitrogens with zero attached hydrogens (tertiary/aromatic N) is 4. The zero-order valence-corrected chi connectivity index (χ0v) is 11.0. The third-order valence-electron chi connectivity index (χ3n) is 3.40. The van der Waals surface area contributed by atoms with E-state index in [1.807, 2.05) is 24.0 Å². The molecule has 1 unspecified atom stereocenters. The molecule has 100 valence electrons. The van der Waals surface area contributed by atoms with Crippen molar-refractivity contribution in [2.24, 2.45) is 0 Å². The van der Waals surface area contributed by atoms with Crippen molar-refractivity contribution in [3.05, 3.63) is 35.5 Å². The Hall–Kier alpha value is -2.11. The molecule has 2 aromatic rings. The SMILES string of the molecule is Cc1cnn(C2CCN(C(=O)c3cc(C)on3)C2)c1. The van der Waals surface area contributed by atoms with Crippen molar-refractivity contribution < 1.29 is 9.32 Å². The Labute approximate surface area is 111 Å². The Balaban J connectivity index is 1.70. The average Bonchev–Trinajstić information content (AvgIpc) is 3.07. The molecule has 1 atom stereocenters. The fourth-order valence-corrected chi connectivity index (χ4v) is 2.40. The molecule has 1 saturated heterocycles. The van der Waals surface area contributed by atoms with Crippen LogP contribution in [0, 0.1) is 13.8 Å². The average molecular weight is 260 g/mol. The van der Waals surface area contributed by atoms with Crippen molar-refractivity contribution >= 4 is 5.91 Å². The fraction of sp³-hybridized carbons (Fsp3) is 0.462. The van der Waals surface area contributed by atoms with E-state index in [0.717, 1.165) is 18.5 Å². The van der Waals surface area contributed by atoms with Gasteiger partial charge in [0.2, 0.25) is 0 Å². The standard InChI is InChI=1S/C13H16N4O2/c1-9-6-14-17(7-9)11-3-4-16(8-11)13(18)12-5-10(2)19-15-12/h5-7,11H,3-4,8H2,1-2H3. The van der Waals surface area contributed by atoms with Crippen LogP contribution in [0.5, 0.6) is 0 Å². The Kier molecular flexibility index (Phi) is 2.85. The van der Waals surface area contributed by atoms with E-state index in [9.17, 15) is 4.79 Å². The van der Waals surface area contributed by atoms with Gasteiger partial charge in [-0.15, -0.1) is 0 Å². The number of rotatable bonds is 2. The molecule has 0 radical (unpaired) electrons. The third kappa shape index (κ3) is 2.25. The predicted octanol–water partition coefficient (Wildman–Crippen LogP) is 1.58. The summed E-state index contributed by atoms with van der Waals surface area (Å²) in [4.78, 5) is 14.0. The molecule has 0 N–H and O–H groups in total. The second-order valence-electron chi connectivity index (χ2n) is 5.01. The minimum absolute atomic E-state index is 0.0665. The number of aromatic nitrogens is 3. The van der Waals surface area contributed by atoms with Gasteiger partial charge in [-0.05, 0) is 25.8 Å². The lowest BCUT2D eigenvalue weighted by atomic mass is 10.3. The van der Waals surface area contributed by atoms with E-state index in [4.69, 9.17) is 4.52 Å². The van der Waals surface area contributed by atoms with Crippen LogP contribution in [0.3, 0.4) is 0 Å². The number of hydrogen-bond donors (Lipinski definition) is 0. The fourth-order valence-electron chi connectivity index (χ4n) is 2.40. The number of amides is 1. The summed E-state index contributed by atoms with van der Waals surface area (Å²) in [6.45, 7) is 5.20. The second kappa shape index (κ2) is 4.53. The highest BCUT2D eigenvalue weighted by Crippen LogP contribution is 2.22. The molecular weight excluding hydrogens is 244 g/mol. The molecule has 1 aliphatic heterocycles. The molecule has 0 bridgehead atoms. The Bertz CT molecular complexity index is 601. The highest BCUT2D eigenvalue weighted by molar-refractivity contribution is 5.92. The summed E-state index contributed by atoms with van der Waals surface area (Å²) in [5, 5.41) is 8.09. The molecule has 6 nitrogen and oxygen atoms in total. The molecule has 3 rings (SSSR count). The molecule has 3 heterocycles. The summed E-state index contributed by atoms with van der Waals surface area (Å²) < 4.78 is 6.89. The van der Waals surface area contributed by atoms with Gasteiger partial charge in [0.15, 0.2) is 5.69 Å². The summed E-state index contributed by atoms with van der Waals surface area (Å²) in [6.07, 6.45) is 4.77. The highest BCUT2D eigenvalue weighted by atomic mass is 16.5. The van der Waals surface area contributed by atoms with Crippen molar-refractivity contribution in [2.45, 2.75) is 26.3 Å². The third-order valence-corrected chi connectivity index (χ3v) is 3.40. The van der Waals surface area contributed by atoms with Gasteiger partial charge in [-0.25, -0.2) is 0 Å². The maximum Gasteiger partial charge on any atom is 0.276 e. The maximum absolute atomic E-state index is 12.2. The topological polar surface area (TPSA) is 64.2 Å². The summed E-state index contributed by atoms with van der Waals surface area (Å²) in [5.41, 5.74) is 1.52. The van der Waals surface area contributed by atoms with Crippen LogP contribution in [0.2, 0.25) is 0 Å². The normalized spacial score (nSPS) is 19.1. The van der Waals surface area contributed by atoms with Crippen LogP contribution < -0.4 is 0 Å². The van der Waals surface area contributed by atoms with Gasteiger partial charge in [0.05, 0.1) is 12.2 Å². The van der Waals surface area contributed by atoms with E-state index in [2.05, 4.69) is 10.3 Å². The Morgan fingerprint density at radius 1 is 1.47 bits per heavy atom. The van der Waals surface area contributed by atoms with Gasteiger partial charge in [-0.2, -0.15) is 5.10 Å². The summed E-state index contributed by atoms with van der Waals surface area (Å²) in [7, 11) is 0. The zero-order valence-electron chi connectivity index (χ0n) is 11.0. The molecule has 0 spiro atoms. The Morgan fingerprint density at radius 3 is 2.95 bits per heavy atom. The second-order valence-corrected chi connectivity index (χ2v) is 5.01. The summed E-state index contributed by atoms with van der Waals surface area (Å²) in [5.74, 6) is 0.588. The van der Waals surface area contributed by atoms with Gasteiger partial charge >= 0.3 is 0 Å². The van der Waals surface area contributed by atoms with Crippen LogP contribution in [0.15, 0.2) is 23.0 Å². The van der Waals surface area contributed by atoms with Gasteiger partial charge < -0.3 is 9.42 Å². The van der Waals surface area contributed by atoms with E-state index in [1.54, 1.807) is 17.9 Å². The molecule has 0 aliphatic carbocycles. The minimum atomic E-state index is -0.0665. The first-order valence-corrected chi connectivity index (χ1v) is 6.37. The van der Waals surface area contributed by atoms with Crippen molar-refractivity contribution in [3.8, 4) is 0 Å². The molecule has 0 saturated carbocycles. The first kappa shape index (κ1) is 12.0. The molecule has 1 amide bonds. The Morgan fingerprint density at radius 2 is 2.32 bits per heavy atom. The monoisotopic (exact) mass is 260 g/mol.